The van der Waals surface area contributed by atoms with Gasteiger partial charge in [0.15, 0.2) is 0 Å². The molecule has 0 atom stereocenters. The number of anilines is 1. The van der Waals surface area contributed by atoms with Crippen molar-refractivity contribution in [2.24, 2.45) is 9.74 Å². The number of nitrogens with one attached hydrogen (secondary N) is 1. The Labute approximate surface area is 154 Å². The molecular weight excluding hydrogens is 372 g/mol. The van der Waals surface area contributed by atoms with Gasteiger partial charge in [0, 0.05) is 22.9 Å². The van der Waals surface area contributed by atoms with Gasteiger partial charge in [-0.2, -0.15) is 0 Å². The molecule has 0 aliphatic heterocycles. The van der Waals surface area contributed by atoms with Crippen molar-refractivity contribution in [2.75, 3.05) is 11.7 Å². The minimum atomic E-state index is -3.65. The molecule has 0 aromatic heterocycles. The monoisotopic (exact) mass is 386 g/mol. The molecule has 0 radical (unpaired) electrons. The van der Waals surface area contributed by atoms with Gasteiger partial charge in [-0.3, -0.25) is 15.5 Å². The van der Waals surface area contributed by atoms with Crippen LogP contribution in [0.1, 0.15) is 0 Å². The number of non-ortho nitro benzene ring substituents is 1. The van der Waals surface area contributed by atoms with Crippen LogP contribution in [-0.4, -0.2) is 24.7 Å². The Morgan fingerprint density at radius 3 is 2.41 bits per heavy atom. The average molecular weight is 386 g/mol. The standard InChI is InChI=1S/C17H14N4O5S/c1-27(25,26)20-19-18-15-4-2-3-14-16(22)10-9-13(17(14)15)11-5-7-12(8-6-11)21(23)24/h2-10,22H,1H3,(H,18,20). The number of benzene rings is 3. The molecule has 9 nitrogen and oxygen atoms in total. The zero-order chi connectivity index (χ0) is 19.6. The first-order valence-electron chi connectivity index (χ1n) is 7.64. The number of hydrogen-bond acceptors (Lipinski definition) is 6. The van der Waals surface area contributed by atoms with Crippen molar-refractivity contribution in [2.45, 2.75) is 0 Å². The minimum absolute atomic E-state index is 0.0272. The number of hydrogen-bond donors (Lipinski definition) is 2. The largest absolute Gasteiger partial charge is 0.507 e. The fourth-order valence-corrected chi connectivity index (χ4v) is 2.83. The lowest BCUT2D eigenvalue weighted by molar-refractivity contribution is -0.384. The number of fused-ring (bicyclic) bond motifs is 1. The van der Waals surface area contributed by atoms with Gasteiger partial charge < -0.3 is 5.11 Å². The fraction of sp³-hybridized carbons (Fsp3) is 0.0588. The summed E-state index contributed by atoms with van der Waals surface area (Å²) in [4.78, 5) is 10.4. The lowest BCUT2D eigenvalue weighted by Crippen LogP contribution is -1.94. The van der Waals surface area contributed by atoms with Crippen LogP contribution in [-0.2, 0) is 10.0 Å². The fourth-order valence-electron chi connectivity index (χ4n) is 2.64. The van der Waals surface area contributed by atoms with Crippen molar-refractivity contribution in [1.82, 2.24) is 0 Å². The maximum Gasteiger partial charge on any atom is 0.269 e. The maximum atomic E-state index is 11.1. The summed E-state index contributed by atoms with van der Waals surface area (Å²) in [5, 5.41) is 25.6. The summed E-state index contributed by atoms with van der Waals surface area (Å²) in [6.45, 7) is 0. The molecular formula is C17H14N4O5S. The number of aromatic hydroxyl groups is 1. The number of sulfonamides is 1. The highest BCUT2D eigenvalue weighted by Crippen LogP contribution is 2.38. The number of nitro benzene ring substituents is 1. The van der Waals surface area contributed by atoms with E-state index in [9.17, 15) is 23.6 Å². The third-order valence-corrected chi connectivity index (χ3v) is 4.14. The summed E-state index contributed by atoms with van der Waals surface area (Å²) in [7, 11) is -3.65. The molecule has 10 heteroatoms. The molecule has 0 aliphatic rings. The van der Waals surface area contributed by atoms with Crippen LogP contribution in [0.3, 0.4) is 0 Å². The topological polar surface area (TPSA) is 134 Å². The molecule has 0 saturated carbocycles. The van der Waals surface area contributed by atoms with Crippen LogP contribution in [0.2, 0.25) is 0 Å². The van der Waals surface area contributed by atoms with Crippen LogP contribution in [0, 0.1) is 10.1 Å². The first-order chi connectivity index (χ1) is 12.8. The van der Waals surface area contributed by atoms with Crippen molar-refractivity contribution < 1.29 is 18.4 Å². The Morgan fingerprint density at radius 2 is 1.78 bits per heavy atom. The van der Waals surface area contributed by atoms with Gasteiger partial charge in [0.2, 0.25) is 0 Å². The second kappa shape index (κ2) is 7.00. The van der Waals surface area contributed by atoms with Gasteiger partial charge in [-0.25, -0.2) is 8.42 Å². The van der Waals surface area contributed by atoms with Gasteiger partial charge in [0.1, 0.15) is 5.75 Å². The highest BCUT2D eigenvalue weighted by Gasteiger charge is 2.13. The first-order valence-corrected chi connectivity index (χ1v) is 9.48. The molecule has 3 rings (SSSR count). The average Bonchev–Trinajstić information content (AvgIpc) is 2.61. The molecule has 0 saturated heterocycles. The van der Waals surface area contributed by atoms with E-state index in [0.717, 1.165) is 6.26 Å². The van der Waals surface area contributed by atoms with Crippen molar-refractivity contribution in [3.05, 3.63) is 64.7 Å². The number of nitro groups is 1. The normalized spacial score (nSPS) is 11.7. The lowest BCUT2D eigenvalue weighted by atomic mass is 9.96. The van der Waals surface area contributed by atoms with Crippen molar-refractivity contribution in [1.29, 1.82) is 0 Å². The van der Waals surface area contributed by atoms with E-state index >= 15 is 0 Å². The van der Waals surface area contributed by atoms with Crippen LogP contribution >= 0.6 is 0 Å². The Balaban J connectivity index is 2.16. The van der Waals surface area contributed by atoms with Gasteiger partial charge in [-0.05, 0) is 46.0 Å². The number of nitrogens with zero attached hydrogens (tertiary/aromatic N) is 3. The van der Waals surface area contributed by atoms with Crippen molar-refractivity contribution in [3.8, 4) is 16.9 Å². The molecule has 2 N–H and O–H groups in total. The zero-order valence-corrected chi connectivity index (χ0v) is 14.8. The molecule has 0 unspecified atom stereocenters. The third kappa shape index (κ3) is 4.01. The van der Waals surface area contributed by atoms with E-state index in [4.69, 9.17) is 0 Å². The third-order valence-electron chi connectivity index (χ3n) is 3.77. The number of phenols is 1. The summed E-state index contributed by atoms with van der Waals surface area (Å²) in [6.07, 6.45) is 0.912. The van der Waals surface area contributed by atoms with Gasteiger partial charge in [-0.1, -0.05) is 17.4 Å². The molecule has 0 fully saturated rings. The van der Waals surface area contributed by atoms with Gasteiger partial charge in [0.25, 0.3) is 15.7 Å². The molecule has 27 heavy (non-hydrogen) atoms. The van der Waals surface area contributed by atoms with Crippen molar-refractivity contribution >= 4 is 32.2 Å². The predicted molar refractivity (Wildman–Crippen MR) is 101 cm³/mol. The Bertz CT molecular complexity index is 1160. The second-order valence-electron chi connectivity index (χ2n) is 5.69. The van der Waals surface area contributed by atoms with Crippen LogP contribution < -0.4 is 5.43 Å². The van der Waals surface area contributed by atoms with E-state index in [1.165, 1.54) is 18.2 Å². The lowest BCUT2D eigenvalue weighted by Gasteiger charge is -2.12. The molecule has 3 aromatic carbocycles. The molecule has 0 aliphatic carbocycles. The molecule has 138 valence electrons. The Kier molecular flexibility index (Phi) is 4.74. The molecule has 0 amide bonds. The SMILES string of the molecule is CS(=O)(=O)N=NNc1cccc2c(O)ccc(-c3ccc([N+](=O)[O-])cc3)c12. The summed E-state index contributed by atoms with van der Waals surface area (Å²) in [5.74, 6) is 0.0272. The van der Waals surface area contributed by atoms with E-state index in [1.54, 1.807) is 36.4 Å². The zero-order valence-electron chi connectivity index (χ0n) is 14.0. The van der Waals surface area contributed by atoms with E-state index < -0.39 is 14.9 Å². The number of rotatable bonds is 5. The van der Waals surface area contributed by atoms with E-state index in [2.05, 4.69) is 15.2 Å². The Hall–Kier alpha value is -3.53. The van der Waals surface area contributed by atoms with Gasteiger partial charge in [0.05, 0.1) is 16.9 Å². The molecule has 0 spiro atoms. The quantitative estimate of drug-likeness (QED) is 0.388. The summed E-state index contributed by atoms with van der Waals surface area (Å²) >= 11 is 0. The predicted octanol–water partition coefficient (Wildman–Crippen LogP) is 3.86. The highest BCUT2D eigenvalue weighted by atomic mass is 32.2. The van der Waals surface area contributed by atoms with Gasteiger partial charge >= 0.3 is 0 Å². The highest BCUT2D eigenvalue weighted by molar-refractivity contribution is 7.89. The smallest absolute Gasteiger partial charge is 0.269 e. The molecule has 0 heterocycles. The maximum absolute atomic E-state index is 11.1. The molecule has 0 bridgehead atoms. The number of phenolic OH excluding ortho intramolecular Hbond substituents is 1. The second-order valence-corrected chi connectivity index (χ2v) is 7.32. The summed E-state index contributed by atoms with van der Waals surface area (Å²) in [6, 6.07) is 14.1. The summed E-state index contributed by atoms with van der Waals surface area (Å²) < 4.78 is 25.4. The summed E-state index contributed by atoms with van der Waals surface area (Å²) in [5.41, 5.74) is 4.31. The molecule has 3 aromatic rings. The van der Waals surface area contributed by atoms with Crippen LogP contribution in [0.4, 0.5) is 11.4 Å². The van der Waals surface area contributed by atoms with Crippen LogP contribution in [0.15, 0.2) is 64.3 Å². The Morgan fingerprint density at radius 1 is 1.07 bits per heavy atom. The van der Waals surface area contributed by atoms with Gasteiger partial charge in [-0.15, -0.1) is 0 Å². The van der Waals surface area contributed by atoms with E-state index in [-0.39, 0.29) is 11.4 Å². The van der Waals surface area contributed by atoms with Crippen LogP contribution in [0.5, 0.6) is 5.75 Å². The van der Waals surface area contributed by atoms with E-state index in [0.29, 0.717) is 27.6 Å². The van der Waals surface area contributed by atoms with Crippen molar-refractivity contribution in [3.63, 3.8) is 0 Å². The van der Waals surface area contributed by atoms with E-state index in [1.807, 2.05) is 0 Å². The minimum Gasteiger partial charge on any atom is -0.507 e. The van der Waals surface area contributed by atoms with Crippen LogP contribution in [0.25, 0.3) is 21.9 Å². The first kappa shape index (κ1) is 18.3.